The molecule has 1 saturated heterocycles. The van der Waals surface area contributed by atoms with Crippen LogP contribution in [0.4, 0.5) is 29.5 Å². The number of hydrogen-bond acceptors (Lipinski definition) is 5. The molecule has 12 heteroatoms. The van der Waals surface area contributed by atoms with E-state index >= 15 is 0 Å². The van der Waals surface area contributed by atoms with Crippen LogP contribution in [0.2, 0.25) is 5.02 Å². The van der Waals surface area contributed by atoms with E-state index in [0.29, 0.717) is 37.8 Å². The summed E-state index contributed by atoms with van der Waals surface area (Å²) in [6.45, 7) is 1.79. The first-order valence-corrected chi connectivity index (χ1v) is 9.70. The number of carbonyl (C=O) groups is 1. The molecule has 4 rings (SSSR count). The minimum Gasteiger partial charge on any atom is -0.352 e. The molecule has 162 valence electrons. The number of urea groups is 1. The van der Waals surface area contributed by atoms with E-state index in [-0.39, 0.29) is 5.69 Å². The summed E-state index contributed by atoms with van der Waals surface area (Å²) in [4.78, 5) is 16.0. The van der Waals surface area contributed by atoms with Gasteiger partial charge in [-0.15, -0.1) is 10.2 Å². The van der Waals surface area contributed by atoms with Crippen molar-refractivity contribution in [1.29, 1.82) is 0 Å². The Hall–Kier alpha value is -3.34. The quantitative estimate of drug-likeness (QED) is 0.657. The first-order chi connectivity index (χ1) is 14.8. The molecular formula is C19H17ClF3N7O. The number of piperazine rings is 1. The van der Waals surface area contributed by atoms with Gasteiger partial charge in [-0.2, -0.15) is 18.3 Å². The Kier molecular flexibility index (Phi) is 5.68. The highest BCUT2D eigenvalue weighted by atomic mass is 35.5. The lowest BCUT2D eigenvalue weighted by molar-refractivity contribution is -0.137. The second kappa shape index (κ2) is 8.42. The number of aromatic nitrogens is 4. The van der Waals surface area contributed by atoms with Gasteiger partial charge in [-0.1, -0.05) is 11.6 Å². The molecule has 1 fully saturated rings. The molecule has 1 N–H and O–H groups in total. The van der Waals surface area contributed by atoms with Crippen molar-refractivity contribution in [3.8, 4) is 5.82 Å². The van der Waals surface area contributed by atoms with E-state index in [2.05, 4.69) is 20.6 Å². The summed E-state index contributed by atoms with van der Waals surface area (Å²) in [5.41, 5.74) is -0.960. The summed E-state index contributed by atoms with van der Waals surface area (Å²) in [5.74, 6) is 1.26. The molecule has 0 atom stereocenters. The largest absolute Gasteiger partial charge is 0.417 e. The minimum absolute atomic E-state index is 0.0317. The van der Waals surface area contributed by atoms with E-state index in [1.807, 2.05) is 11.0 Å². The maximum absolute atomic E-state index is 13.0. The zero-order valence-corrected chi connectivity index (χ0v) is 16.8. The predicted molar refractivity (Wildman–Crippen MR) is 108 cm³/mol. The maximum atomic E-state index is 13.0. The standard InChI is InChI=1S/C19H17ClF3N7O/c20-15-3-2-13(12-14(15)19(21,22)23)25-18(31)29-10-8-28(9-11-29)16-4-5-17(27-26-16)30-7-1-6-24-30/h1-7,12H,8-11H2,(H,25,31). The number of rotatable bonds is 3. The SMILES string of the molecule is O=C(Nc1ccc(Cl)c(C(F)(F)F)c1)N1CCN(c2ccc(-n3cccn3)nn2)CC1. The Morgan fingerprint density at radius 1 is 1.03 bits per heavy atom. The Bertz CT molecular complexity index is 1050. The van der Waals surface area contributed by atoms with Gasteiger partial charge >= 0.3 is 12.2 Å². The van der Waals surface area contributed by atoms with E-state index in [4.69, 9.17) is 11.6 Å². The minimum atomic E-state index is -4.60. The van der Waals surface area contributed by atoms with Crippen LogP contribution in [0.15, 0.2) is 48.8 Å². The molecule has 1 aliphatic heterocycles. The zero-order valence-electron chi connectivity index (χ0n) is 16.1. The van der Waals surface area contributed by atoms with E-state index in [9.17, 15) is 18.0 Å². The Labute approximate surface area is 180 Å². The van der Waals surface area contributed by atoms with Gasteiger partial charge in [0.1, 0.15) is 0 Å². The smallest absolute Gasteiger partial charge is 0.352 e. The molecule has 0 saturated carbocycles. The molecule has 2 aromatic heterocycles. The molecule has 0 bridgehead atoms. The van der Waals surface area contributed by atoms with Crippen LogP contribution in [0.5, 0.6) is 0 Å². The fourth-order valence-corrected chi connectivity index (χ4v) is 3.40. The van der Waals surface area contributed by atoms with Gasteiger partial charge < -0.3 is 15.1 Å². The molecule has 2 amide bonds. The summed E-state index contributed by atoms with van der Waals surface area (Å²) < 4.78 is 40.6. The second-order valence-corrected chi connectivity index (χ2v) is 7.20. The summed E-state index contributed by atoms with van der Waals surface area (Å²) in [6, 6.07) is 8.21. The monoisotopic (exact) mass is 451 g/mol. The molecule has 3 aromatic rings. The van der Waals surface area contributed by atoms with Crippen LogP contribution in [-0.2, 0) is 6.18 Å². The number of carbonyl (C=O) groups excluding carboxylic acids is 1. The number of nitrogens with zero attached hydrogens (tertiary/aromatic N) is 6. The molecule has 3 heterocycles. The summed E-state index contributed by atoms with van der Waals surface area (Å²) in [5, 5.41) is 14.5. The number of alkyl halides is 3. The highest BCUT2D eigenvalue weighted by molar-refractivity contribution is 6.31. The van der Waals surface area contributed by atoms with Gasteiger partial charge in [0.2, 0.25) is 0 Å². The fraction of sp³-hybridized carbons (Fsp3) is 0.263. The van der Waals surface area contributed by atoms with Gasteiger partial charge in [-0.25, -0.2) is 9.48 Å². The van der Waals surface area contributed by atoms with Crippen molar-refractivity contribution in [2.75, 3.05) is 36.4 Å². The molecule has 8 nitrogen and oxygen atoms in total. The average Bonchev–Trinajstić information content (AvgIpc) is 3.29. The molecule has 31 heavy (non-hydrogen) atoms. The molecule has 1 aromatic carbocycles. The van der Waals surface area contributed by atoms with Crippen molar-refractivity contribution < 1.29 is 18.0 Å². The molecular weight excluding hydrogens is 435 g/mol. The normalized spacial score (nSPS) is 14.6. The average molecular weight is 452 g/mol. The van der Waals surface area contributed by atoms with Crippen LogP contribution in [-0.4, -0.2) is 57.1 Å². The van der Waals surface area contributed by atoms with Crippen LogP contribution >= 0.6 is 11.6 Å². The third kappa shape index (κ3) is 4.71. The molecule has 0 spiro atoms. The van der Waals surface area contributed by atoms with Gasteiger partial charge in [0, 0.05) is 44.3 Å². The molecule has 0 unspecified atom stereocenters. The molecule has 1 aliphatic rings. The first kappa shape index (κ1) is 20.9. The Morgan fingerprint density at radius 3 is 2.35 bits per heavy atom. The Morgan fingerprint density at radius 2 is 1.74 bits per heavy atom. The van der Waals surface area contributed by atoms with E-state index in [1.165, 1.54) is 11.0 Å². The maximum Gasteiger partial charge on any atom is 0.417 e. The van der Waals surface area contributed by atoms with Crippen molar-refractivity contribution in [3.63, 3.8) is 0 Å². The van der Waals surface area contributed by atoms with Crippen LogP contribution in [0.25, 0.3) is 5.82 Å². The van der Waals surface area contributed by atoms with Gasteiger partial charge in [0.05, 0.1) is 10.6 Å². The van der Waals surface area contributed by atoms with E-state index < -0.39 is 22.8 Å². The van der Waals surface area contributed by atoms with Crippen molar-refractivity contribution in [2.45, 2.75) is 6.18 Å². The number of halogens is 4. The van der Waals surface area contributed by atoms with Crippen LogP contribution < -0.4 is 10.2 Å². The van der Waals surface area contributed by atoms with Crippen molar-refractivity contribution in [1.82, 2.24) is 24.9 Å². The summed E-state index contributed by atoms with van der Waals surface area (Å²) in [6.07, 6.45) is -1.19. The van der Waals surface area contributed by atoms with Gasteiger partial charge in [0.15, 0.2) is 11.6 Å². The van der Waals surface area contributed by atoms with Gasteiger partial charge in [-0.05, 0) is 36.4 Å². The van der Waals surface area contributed by atoms with Crippen LogP contribution in [0.1, 0.15) is 5.56 Å². The number of anilines is 2. The van der Waals surface area contributed by atoms with Crippen LogP contribution in [0.3, 0.4) is 0 Å². The number of benzene rings is 1. The summed E-state index contributed by atoms with van der Waals surface area (Å²) in [7, 11) is 0. The first-order valence-electron chi connectivity index (χ1n) is 9.32. The fourth-order valence-electron chi connectivity index (χ4n) is 3.17. The highest BCUT2D eigenvalue weighted by Crippen LogP contribution is 2.36. The summed E-state index contributed by atoms with van der Waals surface area (Å²) >= 11 is 5.61. The predicted octanol–water partition coefficient (Wildman–Crippen LogP) is 3.69. The molecule has 0 radical (unpaired) electrons. The lowest BCUT2D eigenvalue weighted by Crippen LogP contribution is -2.50. The lowest BCUT2D eigenvalue weighted by Gasteiger charge is -2.35. The zero-order chi connectivity index (χ0) is 22.0. The van der Waals surface area contributed by atoms with Crippen molar-refractivity contribution >= 4 is 29.1 Å². The van der Waals surface area contributed by atoms with Crippen LogP contribution in [0, 0.1) is 0 Å². The number of hydrogen-bond donors (Lipinski definition) is 1. The van der Waals surface area contributed by atoms with Gasteiger partial charge in [-0.3, -0.25) is 0 Å². The van der Waals surface area contributed by atoms with Crippen molar-refractivity contribution in [2.24, 2.45) is 0 Å². The van der Waals surface area contributed by atoms with E-state index in [0.717, 1.165) is 12.1 Å². The number of amides is 2. The van der Waals surface area contributed by atoms with E-state index in [1.54, 1.807) is 29.2 Å². The highest BCUT2D eigenvalue weighted by Gasteiger charge is 2.33. The second-order valence-electron chi connectivity index (χ2n) is 6.80. The lowest BCUT2D eigenvalue weighted by atomic mass is 10.2. The van der Waals surface area contributed by atoms with Gasteiger partial charge in [0.25, 0.3) is 0 Å². The van der Waals surface area contributed by atoms with Crippen molar-refractivity contribution in [3.05, 3.63) is 59.4 Å². The molecule has 0 aliphatic carbocycles. The third-order valence-electron chi connectivity index (χ3n) is 4.79. The topological polar surface area (TPSA) is 79.2 Å². The number of nitrogens with one attached hydrogen (secondary N) is 1. The Balaban J connectivity index is 1.35. The third-order valence-corrected chi connectivity index (χ3v) is 5.12.